The maximum atomic E-state index is 11.4. The van der Waals surface area contributed by atoms with Crippen molar-refractivity contribution in [2.24, 2.45) is 0 Å². The third kappa shape index (κ3) is 2.43. The van der Waals surface area contributed by atoms with Crippen molar-refractivity contribution in [2.75, 3.05) is 6.79 Å². The Morgan fingerprint density at radius 2 is 2.12 bits per heavy atom. The van der Waals surface area contributed by atoms with E-state index in [9.17, 15) is 4.79 Å². The highest BCUT2D eigenvalue weighted by molar-refractivity contribution is 5.74. The van der Waals surface area contributed by atoms with E-state index in [4.69, 9.17) is 9.47 Å². The van der Waals surface area contributed by atoms with E-state index in [0.717, 1.165) is 29.9 Å². The molecular weight excluding hydrogens is 220 g/mol. The van der Waals surface area contributed by atoms with Crippen molar-refractivity contribution in [2.45, 2.75) is 25.4 Å². The Bertz CT molecular complexity index is 443. The van der Waals surface area contributed by atoms with E-state index in [1.54, 1.807) is 0 Å². The van der Waals surface area contributed by atoms with Gasteiger partial charge in [0.15, 0.2) is 11.5 Å². The Hall–Kier alpha value is -1.91. The molecule has 5 nitrogen and oxygen atoms in total. The largest absolute Gasteiger partial charge is 0.454 e. The van der Waals surface area contributed by atoms with Crippen LogP contribution in [0.1, 0.15) is 18.4 Å². The highest BCUT2D eigenvalue weighted by Crippen LogP contribution is 2.32. The van der Waals surface area contributed by atoms with Crippen LogP contribution in [0.25, 0.3) is 0 Å². The second-order valence-corrected chi connectivity index (χ2v) is 4.29. The number of urea groups is 1. The number of nitrogens with one attached hydrogen (secondary N) is 2. The first-order chi connectivity index (χ1) is 8.31. The molecule has 1 aromatic rings. The van der Waals surface area contributed by atoms with E-state index in [1.807, 2.05) is 18.2 Å². The molecule has 5 heteroatoms. The van der Waals surface area contributed by atoms with Crippen LogP contribution in [-0.2, 0) is 6.54 Å². The minimum Gasteiger partial charge on any atom is -0.454 e. The first-order valence-electron chi connectivity index (χ1n) is 5.74. The van der Waals surface area contributed by atoms with Crippen molar-refractivity contribution < 1.29 is 14.3 Å². The van der Waals surface area contributed by atoms with Gasteiger partial charge in [0.25, 0.3) is 0 Å². The van der Waals surface area contributed by atoms with E-state index in [0.29, 0.717) is 12.6 Å². The summed E-state index contributed by atoms with van der Waals surface area (Å²) in [6.07, 6.45) is 2.19. The van der Waals surface area contributed by atoms with E-state index >= 15 is 0 Å². The molecule has 0 radical (unpaired) electrons. The minimum absolute atomic E-state index is 0.106. The van der Waals surface area contributed by atoms with Crippen LogP contribution in [0.5, 0.6) is 11.5 Å². The predicted molar refractivity (Wildman–Crippen MR) is 61.0 cm³/mol. The number of benzene rings is 1. The van der Waals surface area contributed by atoms with Crippen molar-refractivity contribution >= 4 is 6.03 Å². The van der Waals surface area contributed by atoms with Crippen LogP contribution < -0.4 is 20.1 Å². The SMILES string of the molecule is O=C(NCc1ccc2c(c1)OCO2)NC1CC1. The summed E-state index contributed by atoms with van der Waals surface area (Å²) in [5.41, 5.74) is 1.00. The van der Waals surface area contributed by atoms with Gasteiger partial charge in [-0.1, -0.05) is 6.07 Å². The van der Waals surface area contributed by atoms with Gasteiger partial charge >= 0.3 is 6.03 Å². The van der Waals surface area contributed by atoms with Crippen molar-refractivity contribution in [1.82, 2.24) is 10.6 Å². The smallest absolute Gasteiger partial charge is 0.315 e. The number of fused-ring (bicyclic) bond motifs is 1. The summed E-state index contributed by atoms with van der Waals surface area (Å²) in [6, 6.07) is 5.94. The molecule has 2 aliphatic rings. The number of hydrogen-bond acceptors (Lipinski definition) is 3. The normalized spacial score (nSPS) is 16.7. The number of rotatable bonds is 3. The van der Waals surface area contributed by atoms with Crippen molar-refractivity contribution in [3.63, 3.8) is 0 Å². The van der Waals surface area contributed by atoms with Gasteiger partial charge in [0.05, 0.1) is 0 Å². The lowest BCUT2D eigenvalue weighted by Gasteiger charge is -2.07. The molecule has 1 aliphatic heterocycles. The Balaban J connectivity index is 1.55. The van der Waals surface area contributed by atoms with E-state index < -0.39 is 0 Å². The minimum atomic E-state index is -0.106. The summed E-state index contributed by atoms with van der Waals surface area (Å²) in [6.45, 7) is 0.767. The maximum Gasteiger partial charge on any atom is 0.315 e. The average molecular weight is 234 g/mol. The van der Waals surface area contributed by atoms with Crippen LogP contribution in [0.4, 0.5) is 4.79 Å². The van der Waals surface area contributed by atoms with E-state index in [2.05, 4.69) is 10.6 Å². The molecule has 0 spiro atoms. The molecule has 0 atom stereocenters. The Labute approximate surface area is 99.1 Å². The Morgan fingerprint density at radius 3 is 2.94 bits per heavy atom. The molecule has 1 aliphatic carbocycles. The quantitative estimate of drug-likeness (QED) is 0.830. The second-order valence-electron chi connectivity index (χ2n) is 4.29. The third-order valence-corrected chi connectivity index (χ3v) is 2.80. The zero-order valence-electron chi connectivity index (χ0n) is 9.36. The summed E-state index contributed by atoms with van der Waals surface area (Å²) in [5, 5.41) is 5.69. The first kappa shape index (κ1) is 10.3. The molecule has 1 fully saturated rings. The number of carbonyl (C=O) groups excluding carboxylic acids is 1. The van der Waals surface area contributed by atoms with Crippen LogP contribution in [0, 0.1) is 0 Å². The van der Waals surface area contributed by atoms with E-state index in [-0.39, 0.29) is 12.8 Å². The van der Waals surface area contributed by atoms with Crippen LogP contribution in [0.15, 0.2) is 18.2 Å². The molecule has 90 valence electrons. The molecule has 0 unspecified atom stereocenters. The van der Waals surface area contributed by atoms with Gasteiger partial charge in [0.2, 0.25) is 6.79 Å². The Kier molecular flexibility index (Phi) is 2.51. The number of ether oxygens (including phenoxy) is 2. The lowest BCUT2D eigenvalue weighted by molar-refractivity contribution is 0.174. The average Bonchev–Trinajstić information content (AvgIpc) is 3.01. The summed E-state index contributed by atoms with van der Waals surface area (Å²) in [7, 11) is 0. The highest BCUT2D eigenvalue weighted by Gasteiger charge is 2.23. The first-order valence-corrected chi connectivity index (χ1v) is 5.74. The van der Waals surface area contributed by atoms with Gasteiger partial charge < -0.3 is 20.1 Å². The molecule has 3 rings (SSSR count). The molecule has 0 saturated heterocycles. The van der Waals surface area contributed by atoms with Crippen LogP contribution in [0.3, 0.4) is 0 Å². The molecular formula is C12H14N2O3. The number of hydrogen-bond donors (Lipinski definition) is 2. The standard InChI is InChI=1S/C12H14N2O3/c15-12(14-9-2-3-9)13-6-8-1-4-10-11(5-8)17-7-16-10/h1,4-5,9H,2-3,6-7H2,(H2,13,14,15). The fraction of sp³-hybridized carbons (Fsp3) is 0.417. The highest BCUT2D eigenvalue weighted by atomic mass is 16.7. The molecule has 1 saturated carbocycles. The molecule has 2 amide bonds. The van der Waals surface area contributed by atoms with Crippen LogP contribution in [0.2, 0.25) is 0 Å². The molecule has 0 bridgehead atoms. The second kappa shape index (κ2) is 4.16. The summed E-state index contributed by atoms with van der Waals surface area (Å²) < 4.78 is 10.5. The summed E-state index contributed by atoms with van der Waals surface area (Å²) in [5.74, 6) is 1.50. The molecule has 0 aromatic heterocycles. The van der Waals surface area contributed by atoms with Gasteiger partial charge in [-0.25, -0.2) is 4.79 Å². The molecule has 1 aromatic carbocycles. The van der Waals surface area contributed by atoms with Crippen molar-refractivity contribution in [1.29, 1.82) is 0 Å². The summed E-state index contributed by atoms with van der Waals surface area (Å²) >= 11 is 0. The molecule has 1 heterocycles. The van der Waals surface area contributed by atoms with Gasteiger partial charge in [0, 0.05) is 12.6 Å². The topological polar surface area (TPSA) is 59.6 Å². The Morgan fingerprint density at radius 1 is 1.29 bits per heavy atom. The molecule has 17 heavy (non-hydrogen) atoms. The zero-order chi connectivity index (χ0) is 11.7. The fourth-order valence-electron chi connectivity index (χ4n) is 1.70. The zero-order valence-corrected chi connectivity index (χ0v) is 9.36. The van der Waals surface area contributed by atoms with Gasteiger partial charge in [-0.15, -0.1) is 0 Å². The number of carbonyl (C=O) groups is 1. The van der Waals surface area contributed by atoms with Crippen LogP contribution >= 0.6 is 0 Å². The van der Waals surface area contributed by atoms with Crippen LogP contribution in [-0.4, -0.2) is 18.9 Å². The maximum absolute atomic E-state index is 11.4. The third-order valence-electron chi connectivity index (χ3n) is 2.80. The monoisotopic (exact) mass is 234 g/mol. The van der Waals surface area contributed by atoms with E-state index in [1.165, 1.54) is 0 Å². The van der Waals surface area contributed by atoms with Gasteiger partial charge in [0.1, 0.15) is 0 Å². The van der Waals surface area contributed by atoms with Gasteiger partial charge in [-0.05, 0) is 30.5 Å². The fourth-order valence-corrected chi connectivity index (χ4v) is 1.70. The van der Waals surface area contributed by atoms with Gasteiger partial charge in [-0.3, -0.25) is 0 Å². The van der Waals surface area contributed by atoms with Crippen molar-refractivity contribution in [3.8, 4) is 11.5 Å². The van der Waals surface area contributed by atoms with Crippen molar-refractivity contribution in [3.05, 3.63) is 23.8 Å². The van der Waals surface area contributed by atoms with Gasteiger partial charge in [-0.2, -0.15) is 0 Å². The summed E-state index contributed by atoms with van der Waals surface area (Å²) in [4.78, 5) is 11.4. The number of amides is 2. The molecule has 2 N–H and O–H groups in total. The lowest BCUT2D eigenvalue weighted by atomic mass is 10.2. The predicted octanol–water partition coefficient (Wildman–Crippen LogP) is 1.38. The lowest BCUT2D eigenvalue weighted by Crippen LogP contribution is -2.36.